The zero-order valence-electron chi connectivity index (χ0n) is 14.3. The first-order valence-corrected chi connectivity index (χ1v) is 8.38. The summed E-state index contributed by atoms with van der Waals surface area (Å²) in [5.74, 6) is 0.477. The zero-order chi connectivity index (χ0) is 18.7. The van der Waals surface area contributed by atoms with Crippen LogP contribution < -0.4 is 5.32 Å². The lowest BCUT2D eigenvalue weighted by Crippen LogP contribution is -2.39. The number of nitrogens with one attached hydrogen (secondary N) is 1. The lowest BCUT2D eigenvalue weighted by molar-refractivity contribution is -0.137. The van der Waals surface area contributed by atoms with Gasteiger partial charge in [0.15, 0.2) is 0 Å². The van der Waals surface area contributed by atoms with E-state index in [2.05, 4.69) is 22.2 Å². The van der Waals surface area contributed by atoms with Crippen molar-refractivity contribution >= 4 is 17.5 Å². The van der Waals surface area contributed by atoms with Crippen LogP contribution in [0.4, 0.5) is 24.8 Å². The number of hydrogen-bond donors (Lipinski definition) is 1. The number of rotatable bonds is 3. The third kappa shape index (κ3) is 4.30. The number of carbonyl (C=O) groups excluding carboxylic acids is 1. The minimum Gasteiger partial charge on any atom is -0.338 e. The van der Waals surface area contributed by atoms with Gasteiger partial charge in [-0.2, -0.15) is 13.2 Å². The molecule has 1 N–H and O–H groups in total. The van der Waals surface area contributed by atoms with Crippen LogP contribution in [0.5, 0.6) is 0 Å². The van der Waals surface area contributed by atoms with Crippen LogP contribution in [0.3, 0.4) is 0 Å². The van der Waals surface area contributed by atoms with E-state index in [-0.39, 0.29) is 17.5 Å². The topological polar surface area (TPSA) is 58.1 Å². The van der Waals surface area contributed by atoms with Crippen LogP contribution in [0.2, 0.25) is 0 Å². The number of benzene rings is 1. The smallest absolute Gasteiger partial charge is 0.338 e. The van der Waals surface area contributed by atoms with E-state index in [1.807, 2.05) is 0 Å². The van der Waals surface area contributed by atoms with E-state index >= 15 is 0 Å². The van der Waals surface area contributed by atoms with Gasteiger partial charge in [-0.15, -0.1) is 0 Å². The van der Waals surface area contributed by atoms with E-state index in [9.17, 15) is 18.0 Å². The maximum Gasteiger partial charge on any atom is 0.416 e. The van der Waals surface area contributed by atoms with Crippen LogP contribution in [-0.2, 0) is 6.18 Å². The molecule has 2 heterocycles. The van der Waals surface area contributed by atoms with Gasteiger partial charge in [0.2, 0.25) is 5.95 Å². The molecule has 0 aliphatic carbocycles. The minimum absolute atomic E-state index is 0.123. The van der Waals surface area contributed by atoms with Crippen molar-refractivity contribution < 1.29 is 18.0 Å². The standard InChI is InChI=1S/C18H19F3N4O/c1-12-4-3-7-25(11-12)16(26)13-9-22-17(23-10-13)24-15-6-2-5-14(8-15)18(19,20)21/h2,5-6,8-10,12H,3-4,7,11H2,1H3,(H,22,23,24). The largest absolute Gasteiger partial charge is 0.416 e. The maximum absolute atomic E-state index is 12.8. The van der Waals surface area contributed by atoms with Gasteiger partial charge in [-0.3, -0.25) is 4.79 Å². The predicted octanol–water partition coefficient (Wildman–Crippen LogP) is 4.11. The van der Waals surface area contributed by atoms with Gasteiger partial charge < -0.3 is 10.2 Å². The molecule has 1 fully saturated rings. The van der Waals surface area contributed by atoms with Gasteiger partial charge in [-0.25, -0.2) is 9.97 Å². The summed E-state index contributed by atoms with van der Waals surface area (Å²) in [4.78, 5) is 22.4. The predicted molar refractivity (Wildman–Crippen MR) is 91.1 cm³/mol. The SMILES string of the molecule is CC1CCCN(C(=O)c2cnc(Nc3cccc(C(F)(F)F)c3)nc2)C1. The minimum atomic E-state index is -4.42. The normalized spacial score (nSPS) is 17.8. The first-order valence-electron chi connectivity index (χ1n) is 8.38. The Morgan fingerprint density at radius 3 is 2.65 bits per heavy atom. The van der Waals surface area contributed by atoms with Crippen molar-refractivity contribution in [3.8, 4) is 0 Å². The Bertz CT molecular complexity index is 777. The number of hydrogen-bond acceptors (Lipinski definition) is 4. The average Bonchev–Trinajstić information content (AvgIpc) is 2.61. The fourth-order valence-corrected chi connectivity index (χ4v) is 2.96. The lowest BCUT2D eigenvalue weighted by Gasteiger charge is -2.30. The molecule has 1 amide bonds. The van der Waals surface area contributed by atoms with Gasteiger partial charge in [0.1, 0.15) is 0 Å². The number of aromatic nitrogens is 2. The second kappa shape index (κ2) is 7.31. The second-order valence-corrected chi connectivity index (χ2v) is 6.50. The summed E-state index contributed by atoms with van der Waals surface area (Å²) < 4.78 is 38.3. The van der Waals surface area contributed by atoms with E-state index in [1.54, 1.807) is 4.90 Å². The molecule has 1 aliphatic rings. The highest BCUT2D eigenvalue weighted by molar-refractivity contribution is 5.93. The molecule has 0 bridgehead atoms. The average molecular weight is 364 g/mol. The summed E-state index contributed by atoms with van der Waals surface area (Å²) in [5, 5.41) is 2.72. The number of carbonyl (C=O) groups is 1. The molecule has 8 heteroatoms. The van der Waals surface area contributed by atoms with Crippen LogP contribution in [0.1, 0.15) is 35.7 Å². The number of likely N-dealkylation sites (tertiary alicyclic amines) is 1. The summed E-state index contributed by atoms with van der Waals surface area (Å²) in [5.41, 5.74) is -0.161. The van der Waals surface area contributed by atoms with Crippen molar-refractivity contribution in [2.45, 2.75) is 25.9 Å². The highest BCUT2D eigenvalue weighted by atomic mass is 19.4. The molecule has 1 aliphatic heterocycles. The highest BCUT2D eigenvalue weighted by Gasteiger charge is 2.30. The van der Waals surface area contributed by atoms with Gasteiger partial charge in [0.25, 0.3) is 5.91 Å². The summed E-state index contributed by atoms with van der Waals surface area (Å²) >= 11 is 0. The third-order valence-electron chi connectivity index (χ3n) is 4.29. The Morgan fingerprint density at radius 2 is 2.00 bits per heavy atom. The number of nitrogens with zero attached hydrogens (tertiary/aromatic N) is 3. The Kier molecular flexibility index (Phi) is 5.11. The van der Waals surface area contributed by atoms with E-state index in [1.165, 1.54) is 24.5 Å². The molecular weight excluding hydrogens is 345 g/mol. The Balaban J connectivity index is 1.69. The van der Waals surface area contributed by atoms with Crippen molar-refractivity contribution in [3.05, 3.63) is 47.8 Å². The van der Waals surface area contributed by atoms with Crippen LogP contribution in [0.15, 0.2) is 36.7 Å². The summed E-state index contributed by atoms with van der Waals surface area (Å²) in [7, 11) is 0. The number of halogens is 3. The molecule has 0 radical (unpaired) electrons. The lowest BCUT2D eigenvalue weighted by atomic mass is 10.00. The maximum atomic E-state index is 12.8. The Labute approximate surface area is 149 Å². The molecule has 26 heavy (non-hydrogen) atoms. The van der Waals surface area contributed by atoms with Crippen LogP contribution in [0, 0.1) is 5.92 Å². The van der Waals surface area contributed by atoms with Crippen LogP contribution >= 0.6 is 0 Å². The first-order chi connectivity index (χ1) is 12.3. The molecule has 1 atom stereocenters. The van der Waals surface area contributed by atoms with Crippen molar-refractivity contribution in [2.24, 2.45) is 5.92 Å². The third-order valence-corrected chi connectivity index (χ3v) is 4.29. The molecule has 0 saturated carbocycles. The zero-order valence-corrected chi connectivity index (χ0v) is 14.3. The van der Waals surface area contributed by atoms with E-state index in [0.717, 1.165) is 25.0 Å². The van der Waals surface area contributed by atoms with Gasteiger partial charge in [0, 0.05) is 31.2 Å². The van der Waals surface area contributed by atoms with Crippen molar-refractivity contribution in [3.63, 3.8) is 0 Å². The van der Waals surface area contributed by atoms with Gasteiger partial charge >= 0.3 is 6.18 Å². The Morgan fingerprint density at radius 1 is 1.27 bits per heavy atom. The van der Waals surface area contributed by atoms with E-state index in [4.69, 9.17) is 0 Å². The van der Waals surface area contributed by atoms with Crippen LogP contribution in [-0.4, -0.2) is 33.9 Å². The Hall–Kier alpha value is -2.64. The molecule has 1 aromatic carbocycles. The van der Waals surface area contributed by atoms with Crippen LogP contribution in [0.25, 0.3) is 0 Å². The van der Waals surface area contributed by atoms with Crippen molar-refractivity contribution in [2.75, 3.05) is 18.4 Å². The van der Waals surface area contributed by atoms with Gasteiger partial charge in [-0.05, 0) is 37.0 Å². The first kappa shape index (κ1) is 18.2. The molecule has 0 spiro atoms. The molecule has 1 aromatic heterocycles. The fraction of sp³-hybridized carbons (Fsp3) is 0.389. The molecule has 1 saturated heterocycles. The quantitative estimate of drug-likeness (QED) is 0.890. The van der Waals surface area contributed by atoms with E-state index < -0.39 is 11.7 Å². The molecule has 138 valence electrons. The monoisotopic (exact) mass is 364 g/mol. The summed E-state index contributed by atoms with van der Waals surface area (Å²) in [6.07, 6.45) is 0.457. The molecule has 1 unspecified atom stereocenters. The van der Waals surface area contributed by atoms with Gasteiger partial charge in [0.05, 0.1) is 11.1 Å². The van der Waals surface area contributed by atoms with Crippen molar-refractivity contribution in [1.29, 1.82) is 0 Å². The second-order valence-electron chi connectivity index (χ2n) is 6.50. The summed E-state index contributed by atoms with van der Waals surface area (Å²) in [6.45, 7) is 3.54. The number of piperidine rings is 1. The highest BCUT2D eigenvalue weighted by Crippen LogP contribution is 2.31. The number of amides is 1. The van der Waals surface area contributed by atoms with Gasteiger partial charge in [-0.1, -0.05) is 13.0 Å². The number of anilines is 2. The summed E-state index contributed by atoms with van der Waals surface area (Å²) in [6, 6.07) is 4.78. The number of alkyl halides is 3. The van der Waals surface area contributed by atoms with Crippen molar-refractivity contribution in [1.82, 2.24) is 14.9 Å². The molecule has 3 rings (SSSR count). The van der Waals surface area contributed by atoms with E-state index in [0.29, 0.717) is 24.6 Å². The fourth-order valence-electron chi connectivity index (χ4n) is 2.96. The molecule has 5 nitrogen and oxygen atoms in total. The molecule has 2 aromatic rings. The molecular formula is C18H19F3N4O.